The summed E-state index contributed by atoms with van der Waals surface area (Å²) in [6.07, 6.45) is 1.62. The van der Waals surface area contributed by atoms with Crippen LogP contribution in [0.2, 0.25) is 0 Å². The lowest BCUT2D eigenvalue weighted by atomic mass is 10.1. The number of anilines is 1. The molecule has 0 bridgehead atoms. The minimum absolute atomic E-state index is 0.0771. The first-order chi connectivity index (χ1) is 14.5. The lowest BCUT2D eigenvalue weighted by Crippen LogP contribution is -2.38. The number of H-pyrrole nitrogens is 1. The summed E-state index contributed by atoms with van der Waals surface area (Å²) in [5.41, 5.74) is -0.228. The van der Waals surface area contributed by atoms with Gasteiger partial charge in [0.25, 0.3) is 0 Å². The van der Waals surface area contributed by atoms with Gasteiger partial charge in [-0.2, -0.15) is 13.2 Å². The first kappa shape index (κ1) is 19.0. The van der Waals surface area contributed by atoms with E-state index in [9.17, 15) is 13.2 Å². The van der Waals surface area contributed by atoms with Crippen molar-refractivity contribution in [3.05, 3.63) is 24.0 Å². The van der Waals surface area contributed by atoms with E-state index >= 15 is 0 Å². The van der Waals surface area contributed by atoms with Crippen molar-refractivity contribution in [3.8, 4) is 22.8 Å². The summed E-state index contributed by atoms with van der Waals surface area (Å²) in [5.74, 6) is 0.676. The van der Waals surface area contributed by atoms with Gasteiger partial charge in [-0.15, -0.1) is 5.10 Å². The van der Waals surface area contributed by atoms with Crippen LogP contribution in [0.15, 0.2) is 18.5 Å². The largest absolute Gasteiger partial charge is 0.419 e. The summed E-state index contributed by atoms with van der Waals surface area (Å²) in [6, 6.07) is 1.91. The highest BCUT2D eigenvalue weighted by Gasteiger charge is 2.36. The first-order valence-corrected chi connectivity index (χ1v) is 9.87. The van der Waals surface area contributed by atoms with Crippen LogP contribution >= 0.6 is 0 Å². The lowest BCUT2D eigenvalue weighted by Gasteiger charge is -2.24. The summed E-state index contributed by atoms with van der Waals surface area (Å²) in [7, 11) is 0. The fourth-order valence-electron chi connectivity index (χ4n) is 3.63. The van der Waals surface area contributed by atoms with E-state index in [1.807, 2.05) is 0 Å². The number of aromatic nitrogens is 7. The summed E-state index contributed by atoms with van der Waals surface area (Å²) < 4.78 is 42.6. The van der Waals surface area contributed by atoms with Gasteiger partial charge in [0.1, 0.15) is 5.56 Å². The molecule has 3 aromatic heterocycles. The van der Waals surface area contributed by atoms with Crippen molar-refractivity contribution >= 4 is 5.95 Å². The maximum atomic E-state index is 13.6. The second-order valence-electron chi connectivity index (χ2n) is 7.62. The number of aromatic amines is 1. The van der Waals surface area contributed by atoms with Crippen molar-refractivity contribution < 1.29 is 13.2 Å². The molecule has 1 unspecified atom stereocenters. The fourth-order valence-corrected chi connectivity index (χ4v) is 3.63. The number of hydrogen-bond acceptors (Lipinski definition) is 7. The molecule has 2 fully saturated rings. The number of tetrazole rings is 1. The normalized spacial score (nSPS) is 19.8. The molecule has 0 aromatic carbocycles. The number of hydrogen-bond donors (Lipinski definition) is 3. The average molecular weight is 419 g/mol. The van der Waals surface area contributed by atoms with Gasteiger partial charge in [-0.25, -0.2) is 14.6 Å². The molecule has 30 heavy (non-hydrogen) atoms. The van der Waals surface area contributed by atoms with Crippen molar-refractivity contribution in [2.24, 2.45) is 0 Å². The zero-order valence-corrected chi connectivity index (χ0v) is 15.9. The molecule has 12 heteroatoms. The molecule has 9 nitrogen and oxygen atoms in total. The second-order valence-corrected chi connectivity index (χ2v) is 7.62. The standard InChI is InChI=1S/C18H20F3N9/c19-18(20,21)13-9-24-17(25-11-2-1-5-22-8-11)26-15(13)10-6-14(23-7-10)16-27-28-29-30(16)12-3-4-12/h6-7,9,11-12,22-23H,1-5,8H2,(H,24,25,26). The Balaban J connectivity index is 1.49. The van der Waals surface area contributed by atoms with E-state index in [0.717, 1.165) is 45.0 Å². The fraction of sp³-hybridized carbons (Fsp3) is 0.500. The monoisotopic (exact) mass is 419 g/mol. The zero-order chi connectivity index (χ0) is 20.7. The summed E-state index contributed by atoms with van der Waals surface area (Å²) in [6.45, 7) is 1.65. The van der Waals surface area contributed by atoms with Gasteiger partial charge in [0, 0.05) is 30.5 Å². The topological polar surface area (TPSA) is 109 Å². The molecule has 1 aliphatic heterocycles. The van der Waals surface area contributed by atoms with Gasteiger partial charge in [0.2, 0.25) is 5.95 Å². The van der Waals surface area contributed by atoms with E-state index in [1.165, 1.54) is 6.20 Å². The molecule has 3 aromatic rings. The van der Waals surface area contributed by atoms with Crippen LogP contribution in [-0.4, -0.2) is 54.3 Å². The van der Waals surface area contributed by atoms with Crippen LogP contribution in [0.1, 0.15) is 37.3 Å². The molecule has 4 heterocycles. The zero-order valence-electron chi connectivity index (χ0n) is 15.9. The quantitative estimate of drug-likeness (QED) is 0.583. The molecular weight excluding hydrogens is 399 g/mol. The van der Waals surface area contributed by atoms with Crippen LogP contribution in [0.3, 0.4) is 0 Å². The Labute approximate surface area is 169 Å². The molecule has 158 valence electrons. The summed E-state index contributed by atoms with van der Waals surface area (Å²) in [5, 5.41) is 18.1. The van der Waals surface area contributed by atoms with Crippen molar-refractivity contribution in [3.63, 3.8) is 0 Å². The van der Waals surface area contributed by atoms with Gasteiger partial charge in [-0.1, -0.05) is 0 Å². The molecule has 1 atom stereocenters. The van der Waals surface area contributed by atoms with Gasteiger partial charge in [0.15, 0.2) is 5.82 Å². The van der Waals surface area contributed by atoms with E-state index in [-0.39, 0.29) is 23.7 Å². The Kier molecular flexibility index (Phi) is 4.65. The molecule has 1 saturated carbocycles. The van der Waals surface area contributed by atoms with Gasteiger partial charge >= 0.3 is 6.18 Å². The maximum absolute atomic E-state index is 13.6. The van der Waals surface area contributed by atoms with Crippen LogP contribution in [0, 0.1) is 0 Å². The third-order valence-corrected chi connectivity index (χ3v) is 5.31. The second kappa shape index (κ2) is 7.35. The summed E-state index contributed by atoms with van der Waals surface area (Å²) >= 11 is 0. The minimum Gasteiger partial charge on any atom is -0.358 e. The van der Waals surface area contributed by atoms with Gasteiger partial charge in [-0.05, 0) is 48.7 Å². The Morgan fingerprint density at radius 3 is 2.80 bits per heavy atom. The number of piperidine rings is 1. The molecule has 5 rings (SSSR count). The highest BCUT2D eigenvalue weighted by atomic mass is 19.4. The molecule has 0 amide bonds. The van der Waals surface area contributed by atoms with Crippen LogP contribution < -0.4 is 10.6 Å². The molecule has 3 N–H and O–H groups in total. The number of alkyl halides is 3. The van der Waals surface area contributed by atoms with Crippen molar-refractivity contribution in [2.75, 3.05) is 18.4 Å². The minimum atomic E-state index is -4.58. The molecule has 1 aliphatic carbocycles. The summed E-state index contributed by atoms with van der Waals surface area (Å²) in [4.78, 5) is 11.1. The first-order valence-electron chi connectivity index (χ1n) is 9.87. The van der Waals surface area contributed by atoms with Crippen molar-refractivity contribution in [2.45, 2.75) is 43.9 Å². The predicted molar refractivity (Wildman–Crippen MR) is 101 cm³/mol. The van der Waals surface area contributed by atoms with E-state index < -0.39 is 11.7 Å². The third kappa shape index (κ3) is 3.74. The van der Waals surface area contributed by atoms with E-state index in [0.29, 0.717) is 17.1 Å². The maximum Gasteiger partial charge on any atom is 0.419 e. The SMILES string of the molecule is FC(F)(F)c1cnc(NC2CCCNC2)nc1-c1c[nH]c(-c2nnnn2C2CC2)c1. The third-order valence-electron chi connectivity index (χ3n) is 5.31. The number of halogens is 3. The highest BCUT2D eigenvalue weighted by Crippen LogP contribution is 2.39. The number of nitrogens with zero attached hydrogens (tertiary/aromatic N) is 6. The Morgan fingerprint density at radius 2 is 2.07 bits per heavy atom. The average Bonchev–Trinajstić information content (AvgIpc) is 3.25. The number of nitrogens with one attached hydrogen (secondary N) is 3. The van der Waals surface area contributed by atoms with Crippen LogP contribution in [0.5, 0.6) is 0 Å². The van der Waals surface area contributed by atoms with Crippen LogP contribution in [0.4, 0.5) is 19.1 Å². The van der Waals surface area contributed by atoms with Gasteiger partial charge in [0.05, 0.1) is 17.4 Å². The Morgan fingerprint density at radius 1 is 1.20 bits per heavy atom. The predicted octanol–water partition coefficient (Wildman–Crippen LogP) is 2.64. The van der Waals surface area contributed by atoms with Crippen LogP contribution in [0.25, 0.3) is 22.8 Å². The molecule has 2 aliphatic rings. The Bertz CT molecular complexity index is 1030. The Hall–Kier alpha value is -3.02. The molecule has 0 spiro atoms. The van der Waals surface area contributed by atoms with Crippen molar-refractivity contribution in [1.29, 1.82) is 0 Å². The highest BCUT2D eigenvalue weighted by molar-refractivity contribution is 5.69. The molecular formula is C18H20F3N9. The van der Waals surface area contributed by atoms with Gasteiger partial charge in [-0.3, -0.25) is 0 Å². The van der Waals surface area contributed by atoms with E-state index in [4.69, 9.17) is 0 Å². The van der Waals surface area contributed by atoms with E-state index in [2.05, 4.69) is 41.1 Å². The smallest absolute Gasteiger partial charge is 0.358 e. The van der Waals surface area contributed by atoms with Crippen molar-refractivity contribution in [1.82, 2.24) is 40.5 Å². The number of rotatable bonds is 5. The van der Waals surface area contributed by atoms with Gasteiger partial charge < -0.3 is 15.6 Å². The van der Waals surface area contributed by atoms with E-state index in [1.54, 1.807) is 10.7 Å². The van der Waals surface area contributed by atoms with Crippen LogP contribution in [-0.2, 0) is 6.18 Å². The molecule has 1 saturated heterocycles. The molecule has 0 radical (unpaired) electrons. The lowest BCUT2D eigenvalue weighted by molar-refractivity contribution is -0.137.